The standard InChI is InChI=1S/C20H20N2O2S2/c1-13-18(26-19(21-13)15-8-10-25-12-15)20(23)22-9-4-7-17(22)14-5-3-6-16(11-14)24-2/h3,5-6,8,10-12,17H,4,7,9H2,1-2H3. The van der Waals surface area contributed by atoms with Gasteiger partial charge in [-0.15, -0.1) is 11.3 Å². The number of benzene rings is 1. The zero-order valence-electron chi connectivity index (χ0n) is 14.8. The SMILES string of the molecule is COc1cccc(C2CCCN2C(=O)c2sc(-c3ccsc3)nc2C)c1. The molecular weight excluding hydrogens is 364 g/mol. The van der Waals surface area contributed by atoms with E-state index in [2.05, 4.69) is 16.4 Å². The van der Waals surface area contributed by atoms with Crippen LogP contribution < -0.4 is 4.74 Å². The van der Waals surface area contributed by atoms with Crippen LogP contribution in [0.1, 0.15) is 39.8 Å². The monoisotopic (exact) mass is 384 g/mol. The van der Waals surface area contributed by atoms with E-state index in [0.717, 1.165) is 51.8 Å². The van der Waals surface area contributed by atoms with Gasteiger partial charge in [0, 0.05) is 17.5 Å². The number of aromatic nitrogens is 1. The summed E-state index contributed by atoms with van der Waals surface area (Å²) in [4.78, 5) is 20.6. The van der Waals surface area contributed by atoms with Gasteiger partial charge in [-0.05, 0) is 48.9 Å². The van der Waals surface area contributed by atoms with Crippen molar-refractivity contribution in [2.45, 2.75) is 25.8 Å². The fraction of sp³-hybridized carbons (Fsp3) is 0.300. The van der Waals surface area contributed by atoms with E-state index in [1.54, 1.807) is 18.4 Å². The molecule has 1 saturated heterocycles. The smallest absolute Gasteiger partial charge is 0.266 e. The highest BCUT2D eigenvalue weighted by molar-refractivity contribution is 7.17. The molecule has 0 spiro atoms. The molecule has 3 heterocycles. The number of hydrogen-bond donors (Lipinski definition) is 0. The average Bonchev–Trinajstić information content (AvgIpc) is 3.41. The zero-order valence-corrected chi connectivity index (χ0v) is 16.4. The van der Waals surface area contributed by atoms with E-state index in [1.165, 1.54) is 11.3 Å². The Morgan fingerprint density at radius 1 is 1.35 bits per heavy atom. The van der Waals surface area contributed by atoms with E-state index in [0.29, 0.717) is 0 Å². The summed E-state index contributed by atoms with van der Waals surface area (Å²) in [6.07, 6.45) is 2.00. The van der Waals surface area contributed by atoms with Gasteiger partial charge in [-0.3, -0.25) is 4.79 Å². The molecule has 134 valence electrons. The maximum atomic E-state index is 13.3. The Morgan fingerprint density at radius 3 is 3.00 bits per heavy atom. The van der Waals surface area contributed by atoms with E-state index in [4.69, 9.17) is 4.74 Å². The highest BCUT2D eigenvalue weighted by Crippen LogP contribution is 2.37. The molecule has 6 heteroatoms. The van der Waals surface area contributed by atoms with Crippen LogP contribution in [0.4, 0.5) is 0 Å². The van der Waals surface area contributed by atoms with Crippen LogP contribution in [0.15, 0.2) is 41.1 Å². The van der Waals surface area contributed by atoms with Crippen molar-refractivity contribution in [3.05, 3.63) is 57.2 Å². The van der Waals surface area contributed by atoms with Crippen LogP contribution in [0.2, 0.25) is 0 Å². The minimum atomic E-state index is 0.0896. The van der Waals surface area contributed by atoms with E-state index in [1.807, 2.05) is 41.5 Å². The second-order valence-electron chi connectivity index (χ2n) is 6.38. The summed E-state index contributed by atoms with van der Waals surface area (Å²) in [5, 5.41) is 5.03. The Kier molecular flexibility index (Phi) is 4.78. The topological polar surface area (TPSA) is 42.4 Å². The third kappa shape index (κ3) is 3.15. The average molecular weight is 385 g/mol. The Bertz CT molecular complexity index is 918. The van der Waals surface area contributed by atoms with Crippen LogP contribution in [-0.2, 0) is 0 Å². The summed E-state index contributed by atoms with van der Waals surface area (Å²) >= 11 is 3.14. The van der Waals surface area contributed by atoms with Gasteiger partial charge in [0.05, 0.1) is 18.8 Å². The molecule has 4 nitrogen and oxygen atoms in total. The summed E-state index contributed by atoms with van der Waals surface area (Å²) < 4.78 is 5.35. The number of carbonyl (C=O) groups is 1. The molecule has 2 aromatic heterocycles. The van der Waals surface area contributed by atoms with Gasteiger partial charge in [-0.2, -0.15) is 11.3 Å². The van der Waals surface area contributed by atoms with Gasteiger partial charge in [-0.25, -0.2) is 4.98 Å². The highest BCUT2D eigenvalue weighted by atomic mass is 32.1. The molecule has 0 radical (unpaired) electrons. The number of nitrogens with zero attached hydrogens (tertiary/aromatic N) is 2. The van der Waals surface area contributed by atoms with Crippen molar-refractivity contribution < 1.29 is 9.53 Å². The van der Waals surface area contributed by atoms with Gasteiger partial charge in [0.25, 0.3) is 5.91 Å². The summed E-state index contributed by atoms with van der Waals surface area (Å²) in [7, 11) is 1.67. The first-order valence-corrected chi connectivity index (χ1v) is 10.4. The lowest BCUT2D eigenvalue weighted by atomic mass is 10.0. The molecular formula is C20H20N2O2S2. The number of thiazole rings is 1. The van der Waals surface area contributed by atoms with E-state index < -0.39 is 0 Å². The van der Waals surface area contributed by atoms with Crippen LogP contribution in [0.5, 0.6) is 5.75 Å². The van der Waals surface area contributed by atoms with Crippen molar-refractivity contribution in [1.29, 1.82) is 0 Å². The summed E-state index contributed by atoms with van der Waals surface area (Å²) in [6.45, 7) is 2.71. The normalized spacial score (nSPS) is 16.8. The van der Waals surface area contributed by atoms with Crippen molar-refractivity contribution in [2.75, 3.05) is 13.7 Å². The van der Waals surface area contributed by atoms with Crippen molar-refractivity contribution in [3.8, 4) is 16.3 Å². The van der Waals surface area contributed by atoms with Gasteiger partial charge < -0.3 is 9.64 Å². The Hall–Kier alpha value is -2.18. The van der Waals surface area contributed by atoms with Gasteiger partial charge in [0.15, 0.2) is 0 Å². The summed E-state index contributed by atoms with van der Waals surface area (Å²) in [6, 6.07) is 10.2. The summed E-state index contributed by atoms with van der Waals surface area (Å²) in [5.41, 5.74) is 3.04. The minimum Gasteiger partial charge on any atom is -0.497 e. The first-order chi connectivity index (χ1) is 12.7. The lowest BCUT2D eigenvalue weighted by Crippen LogP contribution is -2.30. The highest BCUT2D eigenvalue weighted by Gasteiger charge is 2.32. The molecule has 4 rings (SSSR count). The fourth-order valence-electron chi connectivity index (χ4n) is 3.44. The molecule has 0 aliphatic carbocycles. The first kappa shape index (κ1) is 17.2. The Balaban J connectivity index is 1.63. The van der Waals surface area contributed by atoms with Gasteiger partial charge in [-0.1, -0.05) is 12.1 Å². The lowest BCUT2D eigenvalue weighted by molar-refractivity contribution is 0.0739. The number of thiophene rings is 1. The zero-order chi connectivity index (χ0) is 18.1. The van der Waals surface area contributed by atoms with Crippen molar-refractivity contribution in [2.24, 2.45) is 0 Å². The Labute approximate surface area is 161 Å². The number of hydrogen-bond acceptors (Lipinski definition) is 5. The molecule has 0 bridgehead atoms. The fourth-order valence-corrected chi connectivity index (χ4v) is 5.17. The predicted octanol–water partition coefficient (Wildman–Crippen LogP) is 5.17. The molecule has 1 aliphatic heterocycles. The third-order valence-electron chi connectivity index (χ3n) is 4.75. The molecule has 0 saturated carbocycles. The van der Waals surface area contributed by atoms with Crippen LogP contribution in [0, 0.1) is 6.92 Å². The maximum absolute atomic E-state index is 13.3. The minimum absolute atomic E-state index is 0.0896. The molecule has 0 N–H and O–H groups in total. The lowest BCUT2D eigenvalue weighted by Gasteiger charge is -2.25. The molecule has 1 aromatic carbocycles. The van der Waals surface area contributed by atoms with Gasteiger partial charge in [0.1, 0.15) is 15.6 Å². The molecule has 1 fully saturated rings. The Morgan fingerprint density at radius 2 is 2.23 bits per heavy atom. The van der Waals surface area contributed by atoms with E-state index in [9.17, 15) is 4.79 Å². The molecule has 1 amide bonds. The third-order valence-corrected chi connectivity index (χ3v) is 6.63. The van der Waals surface area contributed by atoms with Crippen LogP contribution in [-0.4, -0.2) is 29.4 Å². The molecule has 3 aromatic rings. The number of likely N-dealkylation sites (tertiary alicyclic amines) is 1. The van der Waals surface area contributed by atoms with Crippen LogP contribution >= 0.6 is 22.7 Å². The number of ether oxygens (including phenoxy) is 1. The molecule has 26 heavy (non-hydrogen) atoms. The van der Waals surface area contributed by atoms with Crippen molar-refractivity contribution >= 4 is 28.6 Å². The van der Waals surface area contributed by atoms with E-state index in [-0.39, 0.29) is 11.9 Å². The first-order valence-electron chi connectivity index (χ1n) is 8.62. The number of amides is 1. The second-order valence-corrected chi connectivity index (χ2v) is 8.16. The molecule has 1 atom stereocenters. The van der Waals surface area contributed by atoms with Gasteiger partial charge in [0.2, 0.25) is 0 Å². The number of aryl methyl sites for hydroxylation is 1. The van der Waals surface area contributed by atoms with Gasteiger partial charge >= 0.3 is 0 Å². The number of rotatable bonds is 4. The molecule has 1 unspecified atom stereocenters. The van der Waals surface area contributed by atoms with Crippen molar-refractivity contribution in [1.82, 2.24) is 9.88 Å². The predicted molar refractivity (Wildman–Crippen MR) is 106 cm³/mol. The van der Waals surface area contributed by atoms with Crippen molar-refractivity contribution in [3.63, 3.8) is 0 Å². The summed E-state index contributed by atoms with van der Waals surface area (Å²) in [5.74, 6) is 0.919. The largest absolute Gasteiger partial charge is 0.497 e. The van der Waals surface area contributed by atoms with Crippen LogP contribution in [0.3, 0.4) is 0 Å². The second kappa shape index (κ2) is 7.21. The quantitative estimate of drug-likeness (QED) is 0.623. The van der Waals surface area contributed by atoms with Crippen LogP contribution in [0.25, 0.3) is 10.6 Å². The number of methoxy groups -OCH3 is 1. The maximum Gasteiger partial charge on any atom is 0.266 e. The van der Waals surface area contributed by atoms with E-state index >= 15 is 0 Å². The molecule has 1 aliphatic rings. The number of carbonyl (C=O) groups excluding carboxylic acids is 1.